The maximum Gasteiger partial charge on any atom is 0.0306 e. The summed E-state index contributed by atoms with van der Waals surface area (Å²) in [5.74, 6) is 0. The first-order valence-corrected chi connectivity index (χ1v) is 8.59. The van der Waals surface area contributed by atoms with Crippen LogP contribution in [0.4, 0.5) is 0 Å². The summed E-state index contributed by atoms with van der Waals surface area (Å²) in [5.41, 5.74) is 2.35. The number of piperazine rings is 1. The molecule has 0 aliphatic carbocycles. The van der Waals surface area contributed by atoms with Crippen LogP contribution in [0.1, 0.15) is 18.9 Å². The Labute approximate surface area is 139 Å². The lowest BCUT2D eigenvalue weighted by molar-refractivity contribution is 0.162. The molecule has 0 atom stereocenters. The molecule has 0 saturated carbocycles. The Morgan fingerprint density at radius 1 is 1.04 bits per heavy atom. The summed E-state index contributed by atoms with van der Waals surface area (Å²) < 4.78 is 0. The molecule has 2 aromatic rings. The number of fused-ring (bicyclic) bond motifs is 1. The van der Waals surface area contributed by atoms with E-state index in [0.29, 0.717) is 0 Å². The molecule has 1 fully saturated rings. The molecule has 3 rings (SSSR count). The van der Waals surface area contributed by atoms with E-state index in [2.05, 4.69) is 77.9 Å². The van der Waals surface area contributed by atoms with Crippen molar-refractivity contribution in [3.8, 4) is 0 Å². The average Bonchev–Trinajstić information content (AvgIpc) is 2.60. The van der Waals surface area contributed by atoms with Gasteiger partial charge in [-0.15, -0.1) is 0 Å². The molecule has 2 aromatic carbocycles. The number of nitrogens with zero attached hydrogens (tertiary/aromatic N) is 2. The second-order valence-electron chi connectivity index (χ2n) is 6.26. The Morgan fingerprint density at radius 3 is 2.52 bits per heavy atom. The van der Waals surface area contributed by atoms with Crippen molar-refractivity contribution in [1.82, 2.24) is 9.80 Å². The molecule has 2 nitrogen and oxygen atoms in total. The van der Waals surface area contributed by atoms with Crippen LogP contribution >= 0.6 is 0 Å². The van der Waals surface area contributed by atoms with E-state index in [9.17, 15) is 0 Å². The van der Waals surface area contributed by atoms with Crippen LogP contribution in [0.15, 0.2) is 60.8 Å². The smallest absolute Gasteiger partial charge is 0.0306 e. The van der Waals surface area contributed by atoms with Crippen LogP contribution in [0.5, 0.6) is 0 Å². The van der Waals surface area contributed by atoms with Gasteiger partial charge in [0.15, 0.2) is 0 Å². The highest BCUT2D eigenvalue weighted by molar-refractivity contribution is 5.84. The van der Waals surface area contributed by atoms with Crippen LogP contribution in [-0.4, -0.2) is 42.5 Å². The van der Waals surface area contributed by atoms with Crippen LogP contribution in [0.25, 0.3) is 16.8 Å². The zero-order chi connectivity index (χ0) is 16.1. The van der Waals surface area contributed by atoms with E-state index in [1.165, 1.54) is 29.3 Å². The van der Waals surface area contributed by atoms with Crippen molar-refractivity contribution in [2.45, 2.75) is 13.3 Å². The molecule has 2 heteroatoms. The molecule has 1 saturated heterocycles. The normalized spacial score (nSPS) is 16.3. The molecule has 0 radical (unpaired) electrons. The summed E-state index contributed by atoms with van der Waals surface area (Å²) in [6, 6.07) is 15.1. The molecular weight excluding hydrogens is 280 g/mol. The van der Waals surface area contributed by atoms with Crippen molar-refractivity contribution in [3.05, 3.63) is 66.4 Å². The second kappa shape index (κ2) is 7.47. The van der Waals surface area contributed by atoms with Gasteiger partial charge in [0, 0.05) is 31.9 Å². The molecular formula is C21H26N2. The third kappa shape index (κ3) is 4.02. The average molecular weight is 306 g/mol. The maximum atomic E-state index is 4.25. The number of allylic oxidation sites excluding steroid dienone is 1. The molecule has 0 N–H and O–H groups in total. The van der Waals surface area contributed by atoms with Gasteiger partial charge < -0.3 is 4.90 Å². The molecule has 0 spiro atoms. The fraction of sp³-hybridized carbons (Fsp3) is 0.333. The summed E-state index contributed by atoms with van der Waals surface area (Å²) in [6.45, 7) is 12.2. The molecule has 1 aliphatic heterocycles. The largest absolute Gasteiger partial charge is 0.369 e. The number of hydrogen-bond donors (Lipinski definition) is 0. The van der Waals surface area contributed by atoms with Crippen molar-refractivity contribution in [3.63, 3.8) is 0 Å². The second-order valence-corrected chi connectivity index (χ2v) is 6.26. The van der Waals surface area contributed by atoms with E-state index in [-0.39, 0.29) is 0 Å². The van der Waals surface area contributed by atoms with Gasteiger partial charge in [-0.05, 0) is 41.4 Å². The molecule has 0 bridgehead atoms. The predicted molar refractivity (Wildman–Crippen MR) is 100 cm³/mol. The van der Waals surface area contributed by atoms with Crippen LogP contribution in [-0.2, 0) is 0 Å². The first-order valence-electron chi connectivity index (χ1n) is 8.59. The highest BCUT2D eigenvalue weighted by Crippen LogP contribution is 2.17. The summed E-state index contributed by atoms with van der Waals surface area (Å²) in [4.78, 5) is 4.93. The third-order valence-corrected chi connectivity index (χ3v) is 4.56. The maximum absolute atomic E-state index is 4.25. The van der Waals surface area contributed by atoms with Crippen LogP contribution in [0.3, 0.4) is 0 Å². The van der Waals surface area contributed by atoms with Gasteiger partial charge in [0.1, 0.15) is 0 Å². The minimum Gasteiger partial charge on any atom is -0.369 e. The first-order chi connectivity index (χ1) is 11.3. The van der Waals surface area contributed by atoms with Gasteiger partial charge in [-0.25, -0.2) is 0 Å². The summed E-state index contributed by atoms with van der Waals surface area (Å²) in [5, 5.41) is 2.57. The Hall–Kier alpha value is -2.06. The molecule has 1 aliphatic rings. The minimum absolute atomic E-state index is 1.08. The van der Waals surface area contributed by atoms with Gasteiger partial charge in [-0.2, -0.15) is 0 Å². The van der Waals surface area contributed by atoms with E-state index in [1.807, 2.05) is 0 Å². The lowest BCUT2D eigenvalue weighted by Gasteiger charge is -2.36. The number of rotatable bonds is 5. The van der Waals surface area contributed by atoms with E-state index in [4.69, 9.17) is 0 Å². The fourth-order valence-corrected chi connectivity index (χ4v) is 3.18. The Kier molecular flexibility index (Phi) is 5.14. The van der Waals surface area contributed by atoms with Gasteiger partial charge in [0.25, 0.3) is 0 Å². The van der Waals surface area contributed by atoms with Crippen LogP contribution < -0.4 is 0 Å². The monoisotopic (exact) mass is 306 g/mol. The highest BCUT2D eigenvalue weighted by atomic mass is 15.3. The zero-order valence-corrected chi connectivity index (χ0v) is 14.0. The van der Waals surface area contributed by atoms with Gasteiger partial charge in [0.2, 0.25) is 0 Å². The molecule has 23 heavy (non-hydrogen) atoms. The Morgan fingerprint density at radius 2 is 1.78 bits per heavy atom. The van der Waals surface area contributed by atoms with Crippen molar-refractivity contribution < 1.29 is 0 Å². The summed E-state index contributed by atoms with van der Waals surface area (Å²) in [6.07, 6.45) is 5.57. The fourth-order valence-electron chi connectivity index (χ4n) is 3.18. The molecule has 0 amide bonds. The standard InChI is InChI=1S/C21H26N2/c1-3-12-22-13-15-23(16-14-22)18(2)8-9-19-10-11-20-6-4-5-7-21(20)17-19/h4-11,17H,2-3,12-16H2,1H3/b9-8+. The van der Waals surface area contributed by atoms with Crippen molar-refractivity contribution in [1.29, 1.82) is 0 Å². The molecule has 120 valence electrons. The van der Waals surface area contributed by atoms with Crippen molar-refractivity contribution in [2.24, 2.45) is 0 Å². The molecule has 0 unspecified atom stereocenters. The zero-order valence-electron chi connectivity index (χ0n) is 14.0. The Bertz CT molecular complexity index is 694. The van der Waals surface area contributed by atoms with E-state index >= 15 is 0 Å². The van der Waals surface area contributed by atoms with Crippen molar-refractivity contribution >= 4 is 16.8 Å². The topological polar surface area (TPSA) is 6.48 Å². The lowest BCUT2D eigenvalue weighted by atomic mass is 10.1. The lowest BCUT2D eigenvalue weighted by Crippen LogP contribution is -2.45. The first kappa shape index (κ1) is 15.8. The Balaban J connectivity index is 1.61. The predicted octanol–water partition coefficient (Wildman–Crippen LogP) is 4.39. The van der Waals surface area contributed by atoms with Crippen LogP contribution in [0, 0.1) is 0 Å². The van der Waals surface area contributed by atoms with Gasteiger partial charge in [-0.1, -0.05) is 56.0 Å². The van der Waals surface area contributed by atoms with E-state index < -0.39 is 0 Å². The van der Waals surface area contributed by atoms with E-state index in [1.54, 1.807) is 0 Å². The SMILES string of the molecule is C=C(/C=C/c1ccc2ccccc2c1)N1CCN(CCC)CC1. The molecule has 0 aromatic heterocycles. The highest BCUT2D eigenvalue weighted by Gasteiger charge is 2.15. The minimum atomic E-state index is 1.08. The van der Waals surface area contributed by atoms with E-state index in [0.717, 1.165) is 31.9 Å². The summed E-state index contributed by atoms with van der Waals surface area (Å²) >= 11 is 0. The third-order valence-electron chi connectivity index (χ3n) is 4.56. The number of hydrogen-bond acceptors (Lipinski definition) is 2. The quantitative estimate of drug-likeness (QED) is 0.756. The van der Waals surface area contributed by atoms with Gasteiger partial charge >= 0.3 is 0 Å². The molecule has 1 heterocycles. The number of benzene rings is 2. The van der Waals surface area contributed by atoms with Gasteiger partial charge in [0.05, 0.1) is 0 Å². The van der Waals surface area contributed by atoms with Gasteiger partial charge in [-0.3, -0.25) is 4.90 Å². The van der Waals surface area contributed by atoms with Crippen LogP contribution in [0.2, 0.25) is 0 Å². The van der Waals surface area contributed by atoms with Crippen molar-refractivity contribution in [2.75, 3.05) is 32.7 Å². The summed E-state index contributed by atoms with van der Waals surface area (Å²) in [7, 11) is 0.